The highest BCUT2D eigenvalue weighted by molar-refractivity contribution is 5.86. The molecule has 5 nitrogen and oxygen atoms in total. The van der Waals surface area contributed by atoms with Crippen LogP contribution in [0, 0.1) is 0 Å². The SMILES string of the molecule is Nc1ccc(OCCOC(=O)c2ccco2)cc1. The van der Waals surface area contributed by atoms with Crippen LogP contribution in [0.3, 0.4) is 0 Å². The molecule has 0 fully saturated rings. The minimum atomic E-state index is -0.499. The number of anilines is 1. The molecule has 0 atom stereocenters. The van der Waals surface area contributed by atoms with E-state index in [2.05, 4.69) is 0 Å². The summed E-state index contributed by atoms with van der Waals surface area (Å²) >= 11 is 0. The van der Waals surface area contributed by atoms with Crippen LogP contribution in [-0.2, 0) is 4.74 Å². The maximum Gasteiger partial charge on any atom is 0.374 e. The number of furan rings is 1. The normalized spacial score (nSPS) is 10.0. The standard InChI is InChI=1S/C13H13NO4/c14-10-3-5-11(6-4-10)16-8-9-18-13(15)12-2-1-7-17-12/h1-7H,8-9,14H2. The molecule has 0 aliphatic carbocycles. The summed E-state index contributed by atoms with van der Waals surface area (Å²) in [5.74, 6) is 0.363. The molecule has 0 aliphatic heterocycles. The second-order valence-corrected chi connectivity index (χ2v) is 3.53. The van der Waals surface area contributed by atoms with Crippen molar-refractivity contribution in [2.24, 2.45) is 0 Å². The first kappa shape index (κ1) is 12.0. The highest BCUT2D eigenvalue weighted by Crippen LogP contribution is 2.12. The maximum atomic E-state index is 11.4. The molecule has 0 saturated heterocycles. The van der Waals surface area contributed by atoms with E-state index < -0.39 is 5.97 Å². The first-order chi connectivity index (χ1) is 8.75. The van der Waals surface area contributed by atoms with E-state index in [1.807, 2.05) is 0 Å². The van der Waals surface area contributed by atoms with Crippen molar-refractivity contribution in [2.45, 2.75) is 0 Å². The number of nitrogen functional groups attached to an aromatic ring is 1. The van der Waals surface area contributed by atoms with Gasteiger partial charge in [-0.25, -0.2) is 4.79 Å². The Morgan fingerprint density at radius 2 is 1.94 bits per heavy atom. The lowest BCUT2D eigenvalue weighted by molar-refractivity contribution is 0.0415. The summed E-state index contributed by atoms with van der Waals surface area (Å²) in [5.41, 5.74) is 6.21. The van der Waals surface area contributed by atoms with E-state index in [-0.39, 0.29) is 19.0 Å². The lowest BCUT2D eigenvalue weighted by Gasteiger charge is -2.06. The van der Waals surface area contributed by atoms with Crippen molar-refractivity contribution in [2.75, 3.05) is 18.9 Å². The molecule has 0 unspecified atom stereocenters. The van der Waals surface area contributed by atoms with Gasteiger partial charge in [-0.05, 0) is 36.4 Å². The van der Waals surface area contributed by atoms with Crippen molar-refractivity contribution < 1.29 is 18.7 Å². The van der Waals surface area contributed by atoms with Gasteiger partial charge in [0.2, 0.25) is 5.76 Å². The van der Waals surface area contributed by atoms with Gasteiger partial charge >= 0.3 is 5.97 Å². The number of carbonyl (C=O) groups is 1. The molecule has 0 amide bonds. The molecule has 2 N–H and O–H groups in total. The highest BCUT2D eigenvalue weighted by atomic mass is 16.6. The van der Waals surface area contributed by atoms with Gasteiger partial charge in [-0.3, -0.25) is 0 Å². The molecule has 1 heterocycles. The van der Waals surface area contributed by atoms with Crippen LogP contribution in [-0.4, -0.2) is 19.2 Å². The summed E-state index contributed by atoms with van der Waals surface area (Å²) in [6.07, 6.45) is 1.42. The van der Waals surface area contributed by atoms with Crippen molar-refractivity contribution in [3.8, 4) is 5.75 Å². The summed E-state index contributed by atoms with van der Waals surface area (Å²) in [6.45, 7) is 0.431. The predicted octanol–water partition coefficient (Wildman–Crippen LogP) is 2.10. The van der Waals surface area contributed by atoms with Crippen LogP contribution in [0.1, 0.15) is 10.6 Å². The van der Waals surface area contributed by atoms with Crippen LogP contribution in [0.5, 0.6) is 5.75 Å². The van der Waals surface area contributed by atoms with Crippen molar-refractivity contribution >= 4 is 11.7 Å². The summed E-state index contributed by atoms with van der Waals surface area (Å²) in [4.78, 5) is 11.4. The van der Waals surface area contributed by atoms with Gasteiger partial charge in [0.1, 0.15) is 19.0 Å². The van der Waals surface area contributed by atoms with Crippen molar-refractivity contribution in [3.05, 3.63) is 48.4 Å². The topological polar surface area (TPSA) is 74.7 Å². The van der Waals surface area contributed by atoms with Gasteiger partial charge in [-0.15, -0.1) is 0 Å². The number of hydrogen-bond donors (Lipinski definition) is 1. The van der Waals surface area contributed by atoms with E-state index >= 15 is 0 Å². The zero-order chi connectivity index (χ0) is 12.8. The number of rotatable bonds is 5. The molecule has 94 valence electrons. The molecule has 1 aromatic carbocycles. The van der Waals surface area contributed by atoms with Crippen LogP contribution < -0.4 is 10.5 Å². The molecular formula is C13H13NO4. The predicted molar refractivity (Wildman–Crippen MR) is 65.3 cm³/mol. The Labute approximate surface area is 104 Å². The Morgan fingerprint density at radius 1 is 1.17 bits per heavy atom. The zero-order valence-electron chi connectivity index (χ0n) is 9.67. The minimum absolute atomic E-state index is 0.157. The Hall–Kier alpha value is -2.43. The fourth-order valence-corrected chi connectivity index (χ4v) is 1.32. The van der Waals surface area contributed by atoms with Crippen LogP contribution in [0.15, 0.2) is 47.1 Å². The number of ether oxygens (including phenoxy) is 2. The summed E-state index contributed by atoms with van der Waals surface area (Å²) in [7, 11) is 0. The summed E-state index contributed by atoms with van der Waals surface area (Å²) in [6, 6.07) is 10.2. The monoisotopic (exact) mass is 247 g/mol. The van der Waals surface area contributed by atoms with Crippen molar-refractivity contribution in [1.82, 2.24) is 0 Å². The smallest absolute Gasteiger partial charge is 0.374 e. The van der Waals surface area contributed by atoms with E-state index in [1.165, 1.54) is 6.26 Å². The van der Waals surface area contributed by atoms with Crippen molar-refractivity contribution in [3.63, 3.8) is 0 Å². The molecule has 5 heteroatoms. The Kier molecular flexibility index (Phi) is 3.86. The molecule has 0 aliphatic rings. The third-order valence-electron chi connectivity index (χ3n) is 2.19. The van der Waals surface area contributed by atoms with Crippen molar-refractivity contribution in [1.29, 1.82) is 0 Å². The van der Waals surface area contributed by atoms with Crippen LogP contribution in [0.25, 0.3) is 0 Å². The van der Waals surface area contributed by atoms with E-state index in [0.717, 1.165) is 0 Å². The molecule has 2 aromatic rings. The quantitative estimate of drug-likeness (QED) is 0.497. The second-order valence-electron chi connectivity index (χ2n) is 3.53. The number of nitrogens with two attached hydrogens (primary N) is 1. The first-order valence-corrected chi connectivity index (χ1v) is 5.44. The number of carbonyl (C=O) groups excluding carboxylic acids is 1. The van der Waals surface area contributed by atoms with Gasteiger partial charge in [0, 0.05) is 5.69 Å². The lowest BCUT2D eigenvalue weighted by atomic mass is 10.3. The van der Waals surface area contributed by atoms with Gasteiger partial charge in [0.05, 0.1) is 6.26 Å². The molecule has 0 radical (unpaired) electrons. The summed E-state index contributed by atoms with van der Waals surface area (Å²) in [5, 5.41) is 0. The average Bonchev–Trinajstić information content (AvgIpc) is 2.90. The maximum absolute atomic E-state index is 11.4. The third-order valence-corrected chi connectivity index (χ3v) is 2.19. The van der Waals surface area contributed by atoms with Gasteiger partial charge in [0.25, 0.3) is 0 Å². The molecular weight excluding hydrogens is 234 g/mol. The van der Waals surface area contributed by atoms with E-state index in [4.69, 9.17) is 19.6 Å². The van der Waals surface area contributed by atoms with E-state index in [9.17, 15) is 4.79 Å². The zero-order valence-corrected chi connectivity index (χ0v) is 9.67. The van der Waals surface area contributed by atoms with Crippen LogP contribution in [0.2, 0.25) is 0 Å². The number of benzene rings is 1. The highest BCUT2D eigenvalue weighted by Gasteiger charge is 2.09. The molecule has 2 rings (SSSR count). The molecule has 0 bridgehead atoms. The molecule has 1 aromatic heterocycles. The lowest BCUT2D eigenvalue weighted by Crippen LogP contribution is -2.11. The molecule has 18 heavy (non-hydrogen) atoms. The van der Waals surface area contributed by atoms with Crippen LogP contribution in [0.4, 0.5) is 5.69 Å². The Balaban J connectivity index is 1.70. The van der Waals surface area contributed by atoms with E-state index in [1.54, 1.807) is 36.4 Å². The third kappa shape index (κ3) is 3.28. The fourth-order valence-electron chi connectivity index (χ4n) is 1.32. The number of esters is 1. The molecule has 0 spiro atoms. The number of hydrogen-bond acceptors (Lipinski definition) is 5. The van der Waals surface area contributed by atoms with Gasteiger partial charge in [0.15, 0.2) is 0 Å². The molecule has 0 saturated carbocycles. The average molecular weight is 247 g/mol. The fraction of sp³-hybridized carbons (Fsp3) is 0.154. The van der Waals surface area contributed by atoms with Gasteiger partial charge in [-0.1, -0.05) is 0 Å². The van der Waals surface area contributed by atoms with Gasteiger partial charge in [-0.2, -0.15) is 0 Å². The Morgan fingerprint density at radius 3 is 2.61 bits per heavy atom. The van der Waals surface area contributed by atoms with E-state index in [0.29, 0.717) is 11.4 Å². The van der Waals surface area contributed by atoms with Crippen LogP contribution >= 0.6 is 0 Å². The Bertz CT molecular complexity index is 490. The first-order valence-electron chi connectivity index (χ1n) is 5.44. The second kappa shape index (κ2) is 5.77. The summed E-state index contributed by atoms with van der Waals surface area (Å²) < 4.78 is 15.2. The largest absolute Gasteiger partial charge is 0.490 e. The van der Waals surface area contributed by atoms with Gasteiger partial charge < -0.3 is 19.6 Å². The minimum Gasteiger partial charge on any atom is -0.490 e.